The molecule has 0 radical (unpaired) electrons. The molecular formula is C27H24ClF3N2O. The number of likely N-dealkylation sites (tertiary alicyclic amines) is 1. The number of alkyl halides is 3. The first-order chi connectivity index (χ1) is 16.2. The van der Waals surface area contributed by atoms with Crippen LogP contribution < -0.4 is 4.90 Å². The maximum atomic E-state index is 13.6. The lowest BCUT2D eigenvalue weighted by Crippen LogP contribution is -2.57. The Labute approximate surface area is 201 Å². The van der Waals surface area contributed by atoms with Gasteiger partial charge in [0.25, 0.3) is 5.91 Å². The van der Waals surface area contributed by atoms with Crippen molar-refractivity contribution < 1.29 is 18.0 Å². The molecule has 3 nitrogen and oxygen atoms in total. The molecule has 3 aromatic rings. The summed E-state index contributed by atoms with van der Waals surface area (Å²) in [4.78, 5) is 17.8. The van der Waals surface area contributed by atoms with Gasteiger partial charge in [0.1, 0.15) is 0 Å². The summed E-state index contributed by atoms with van der Waals surface area (Å²) >= 11 is 6.02. The van der Waals surface area contributed by atoms with Crippen LogP contribution in [0.15, 0.2) is 72.8 Å². The van der Waals surface area contributed by atoms with Gasteiger partial charge in [-0.05, 0) is 79.4 Å². The normalized spacial score (nSPS) is 20.5. The molecule has 176 valence electrons. The molecular weight excluding hydrogens is 461 g/mol. The van der Waals surface area contributed by atoms with Crippen molar-refractivity contribution >= 4 is 23.2 Å². The Kier molecular flexibility index (Phi) is 5.90. The van der Waals surface area contributed by atoms with Crippen LogP contribution in [0.3, 0.4) is 0 Å². The van der Waals surface area contributed by atoms with Gasteiger partial charge in [0.15, 0.2) is 0 Å². The SMILES string of the molecule is O=C(c1ccc(Cl)cc1)N1CC2(CCCN2Cc2ccc(C(F)(F)F)cc2)Cc2ccccc21. The molecule has 0 N–H and O–H groups in total. The van der Waals surface area contributed by atoms with Crippen LogP contribution >= 0.6 is 11.6 Å². The zero-order valence-electron chi connectivity index (χ0n) is 18.5. The van der Waals surface area contributed by atoms with Crippen molar-refractivity contribution in [1.29, 1.82) is 0 Å². The second-order valence-electron chi connectivity index (χ2n) is 9.15. The number of halogens is 4. The van der Waals surface area contributed by atoms with Gasteiger partial charge in [0.2, 0.25) is 0 Å². The highest BCUT2D eigenvalue weighted by molar-refractivity contribution is 6.30. The molecule has 2 heterocycles. The number of carbonyl (C=O) groups excluding carboxylic acids is 1. The summed E-state index contributed by atoms with van der Waals surface area (Å²) in [6.45, 7) is 1.92. The second-order valence-corrected chi connectivity index (χ2v) is 9.58. The summed E-state index contributed by atoms with van der Waals surface area (Å²) in [5.41, 5.74) is 2.52. The first-order valence-electron chi connectivity index (χ1n) is 11.3. The van der Waals surface area contributed by atoms with E-state index < -0.39 is 11.7 Å². The van der Waals surface area contributed by atoms with Crippen molar-refractivity contribution in [1.82, 2.24) is 4.90 Å². The van der Waals surface area contributed by atoms with Crippen LogP contribution in [0.4, 0.5) is 18.9 Å². The maximum Gasteiger partial charge on any atom is 0.416 e. The van der Waals surface area contributed by atoms with Gasteiger partial charge < -0.3 is 4.90 Å². The van der Waals surface area contributed by atoms with E-state index in [0.29, 0.717) is 23.7 Å². The van der Waals surface area contributed by atoms with E-state index in [9.17, 15) is 18.0 Å². The fourth-order valence-corrected chi connectivity index (χ4v) is 5.41. The van der Waals surface area contributed by atoms with Gasteiger partial charge in [-0.15, -0.1) is 0 Å². The number of para-hydroxylation sites is 1. The highest BCUT2D eigenvalue weighted by atomic mass is 35.5. The first kappa shape index (κ1) is 22.9. The van der Waals surface area contributed by atoms with Crippen molar-refractivity contribution in [3.05, 3.63) is 100 Å². The monoisotopic (exact) mass is 484 g/mol. The number of rotatable bonds is 3. The number of hydrogen-bond acceptors (Lipinski definition) is 2. The Balaban J connectivity index is 1.45. The molecule has 1 unspecified atom stereocenters. The van der Waals surface area contributed by atoms with E-state index in [2.05, 4.69) is 11.0 Å². The average molecular weight is 485 g/mol. The lowest BCUT2D eigenvalue weighted by molar-refractivity contribution is -0.137. The van der Waals surface area contributed by atoms with Gasteiger partial charge >= 0.3 is 6.18 Å². The summed E-state index contributed by atoms with van der Waals surface area (Å²) in [6, 6.07) is 20.3. The molecule has 0 aliphatic carbocycles. The number of hydrogen-bond donors (Lipinski definition) is 0. The van der Waals surface area contributed by atoms with Crippen molar-refractivity contribution in [2.45, 2.75) is 37.5 Å². The van der Waals surface area contributed by atoms with Crippen LogP contribution in [0.2, 0.25) is 5.02 Å². The molecule has 0 saturated carbocycles. The number of amides is 1. The van der Waals surface area contributed by atoms with E-state index in [1.165, 1.54) is 0 Å². The number of fused-ring (bicyclic) bond motifs is 1. The number of anilines is 1. The standard InChI is InChI=1S/C27H24ClF3N2O/c28-23-12-8-20(9-13-23)25(34)33-18-26(16-21-4-1-2-5-24(21)33)14-3-15-32(26)17-19-6-10-22(11-7-19)27(29,30)31/h1-2,4-13H,3,14-18H2. The molecule has 0 aromatic heterocycles. The van der Waals surface area contributed by atoms with Gasteiger partial charge in [0.05, 0.1) is 5.56 Å². The van der Waals surface area contributed by atoms with Gasteiger partial charge in [-0.1, -0.05) is 41.9 Å². The third-order valence-electron chi connectivity index (χ3n) is 6.99. The Bertz CT molecular complexity index is 1190. The fourth-order valence-electron chi connectivity index (χ4n) is 5.28. The third-order valence-corrected chi connectivity index (χ3v) is 7.24. The maximum absolute atomic E-state index is 13.6. The minimum absolute atomic E-state index is 0.0791. The van der Waals surface area contributed by atoms with Crippen LogP contribution in [0.25, 0.3) is 0 Å². The number of benzene rings is 3. The van der Waals surface area contributed by atoms with Crippen LogP contribution in [-0.4, -0.2) is 29.4 Å². The molecule has 1 saturated heterocycles. The molecule has 1 atom stereocenters. The molecule has 2 aliphatic heterocycles. The van der Waals surface area contributed by atoms with Gasteiger partial charge in [-0.3, -0.25) is 9.69 Å². The van der Waals surface area contributed by atoms with Gasteiger partial charge in [0, 0.05) is 34.9 Å². The summed E-state index contributed by atoms with van der Waals surface area (Å²) < 4.78 is 38.9. The molecule has 1 fully saturated rings. The first-order valence-corrected chi connectivity index (χ1v) is 11.7. The third kappa shape index (κ3) is 4.32. The quantitative estimate of drug-likeness (QED) is 0.418. The molecule has 7 heteroatoms. The zero-order chi connectivity index (χ0) is 23.9. The summed E-state index contributed by atoms with van der Waals surface area (Å²) in [5, 5.41) is 0.575. The molecule has 2 aliphatic rings. The van der Waals surface area contributed by atoms with E-state index in [-0.39, 0.29) is 11.4 Å². The summed E-state index contributed by atoms with van der Waals surface area (Å²) in [7, 11) is 0. The van der Waals surface area contributed by atoms with Gasteiger partial charge in [-0.2, -0.15) is 13.2 Å². The molecule has 3 aromatic carbocycles. The van der Waals surface area contributed by atoms with Crippen LogP contribution in [-0.2, 0) is 19.1 Å². The predicted molar refractivity (Wildman–Crippen MR) is 127 cm³/mol. The predicted octanol–water partition coefficient (Wildman–Crippen LogP) is 6.60. The molecule has 0 bridgehead atoms. The lowest BCUT2D eigenvalue weighted by atomic mass is 9.82. The summed E-state index contributed by atoms with van der Waals surface area (Å²) in [6.07, 6.45) is -1.64. The molecule has 34 heavy (non-hydrogen) atoms. The van der Waals surface area contributed by atoms with Crippen molar-refractivity contribution in [2.75, 3.05) is 18.0 Å². The van der Waals surface area contributed by atoms with Crippen LogP contribution in [0.5, 0.6) is 0 Å². The van der Waals surface area contributed by atoms with Crippen molar-refractivity contribution in [3.8, 4) is 0 Å². The van der Waals surface area contributed by atoms with Crippen LogP contribution in [0, 0.1) is 0 Å². The number of carbonyl (C=O) groups is 1. The topological polar surface area (TPSA) is 23.6 Å². The second kappa shape index (κ2) is 8.75. The minimum atomic E-state index is -4.34. The van der Waals surface area contributed by atoms with E-state index in [4.69, 9.17) is 11.6 Å². The van der Waals surface area contributed by atoms with E-state index in [0.717, 1.165) is 54.8 Å². The highest BCUT2D eigenvalue weighted by Crippen LogP contribution is 2.42. The molecule has 5 rings (SSSR count). The van der Waals surface area contributed by atoms with E-state index in [1.54, 1.807) is 36.4 Å². The molecule has 1 amide bonds. The van der Waals surface area contributed by atoms with E-state index in [1.807, 2.05) is 23.1 Å². The van der Waals surface area contributed by atoms with Crippen molar-refractivity contribution in [2.24, 2.45) is 0 Å². The largest absolute Gasteiger partial charge is 0.416 e. The Morgan fingerprint density at radius 2 is 1.68 bits per heavy atom. The summed E-state index contributed by atoms with van der Waals surface area (Å²) in [5.74, 6) is -0.0791. The zero-order valence-corrected chi connectivity index (χ0v) is 19.2. The highest BCUT2D eigenvalue weighted by Gasteiger charge is 2.46. The average Bonchev–Trinajstić information content (AvgIpc) is 3.19. The smallest absolute Gasteiger partial charge is 0.306 e. The Morgan fingerprint density at radius 3 is 2.38 bits per heavy atom. The Hall–Kier alpha value is -2.83. The van der Waals surface area contributed by atoms with E-state index >= 15 is 0 Å². The lowest BCUT2D eigenvalue weighted by Gasteiger charge is -2.46. The van der Waals surface area contributed by atoms with Crippen molar-refractivity contribution in [3.63, 3.8) is 0 Å². The fraction of sp³-hybridized carbons (Fsp3) is 0.296. The van der Waals surface area contributed by atoms with Gasteiger partial charge in [-0.25, -0.2) is 0 Å². The van der Waals surface area contributed by atoms with Crippen LogP contribution in [0.1, 0.15) is 39.9 Å². The Morgan fingerprint density at radius 1 is 0.971 bits per heavy atom. The minimum Gasteiger partial charge on any atom is -0.306 e. The number of nitrogens with zero attached hydrogens (tertiary/aromatic N) is 2. The molecule has 1 spiro atoms.